The van der Waals surface area contributed by atoms with Gasteiger partial charge in [0.1, 0.15) is 23.1 Å². The first-order valence-electron chi connectivity index (χ1n) is 7.22. The summed E-state index contributed by atoms with van der Waals surface area (Å²) in [6.45, 7) is 1.73. The van der Waals surface area contributed by atoms with Crippen molar-refractivity contribution in [2.24, 2.45) is 0 Å². The Kier molecular flexibility index (Phi) is 5.01. The Labute approximate surface area is 152 Å². The third-order valence-corrected chi connectivity index (χ3v) is 3.90. The zero-order valence-corrected chi connectivity index (χ0v) is 14.5. The molecule has 8 heteroatoms. The second-order valence-corrected chi connectivity index (χ2v) is 5.98. The number of hydrogen-bond acceptors (Lipinski definition) is 4. The monoisotopic (exact) mass is 380 g/mol. The normalized spacial score (nSPS) is 10.6. The lowest BCUT2D eigenvalue weighted by Gasteiger charge is -2.12. The van der Waals surface area contributed by atoms with E-state index < -0.39 is 11.6 Å². The Morgan fingerprint density at radius 2 is 1.44 bits per heavy atom. The second kappa shape index (κ2) is 7.21. The fourth-order valence-corrected chi connectivity index (χ4v) is 2.65. The molecule has 3 rings (SSSR count). The van der Waals surface area contributed by atoms with Gasteiger partial charge in [0, 0.05) is 11.8 Å². The summed E-state index contributed by atoms with van der Waals surface area (Å²) >= 11 is 12.3. The molecule has 0 saturated carbocycles. The summed E-state index contributed by atoms with van der Waals surface area (Å²) in [6, 6.07) is 10.3. The molecule has 1 heterocycles. The van der Waals surface area contributed by atoms with Gasteiger partial charge in [0.2, 0.25) is 5.95 Å². The predicted octanol–water partition coefficient (Wildman–Crippen LogP) is 5.86. The van der Waals surface area contributed by atoms with E-state index in [1.54, 1.807) is 31.2 Å². The fourth-order valence-electron chi connectivity index (χ4n) is 2.16. The molecule has 0 aliphatic rings. The Morgan fingerprint density at radius 1 is 0.840 bits per heavy atom. The highest BCUT2D eigenvalue weighted by atomic mass is 35.5. The van der Waals surface area contributed by atoms with Crippen LogP contribution in [0.3, 0.4) is 0 Å². The second-order valence-electron chi connectivity index (χ2n) is 5.16. The van der Waals surface area contributed by atoms with Crippen LogP contribution >= 0.6 is 23.2 Å². The molecule has 0 saturated heterocycles. The van der Waals surface area contributed by atoms with Crippen molar-refractivity contribution in [3.63, 3.8) is 0 Å². The Morgan fingerprint density at radius 3 is 2.08 bits per heavy atom. The van der Waals surface area contributed by atoms with Gasteiger partial charge in [-0.05, 0) is 31.2 Å². The first kappa shape index (κ1) is 17.4. The van der Waals surface area contributed by atoms with Crippen molar-refractivity contribution >= 4 is 46.3 Å². The van der Waals surface area contributed by atoms with Crippen molar-refractivity contribution in [1.29, 1.82) is 0 Å². The van der Waals surface area contributed by atoms with E-state index >= 15 is 0 Å². The summed E-state index contributed by atoms with van der Waals surface area (Å²) in [5.41, 5.74) is 0.738. The zero-order valence-electron chi connectivity index (χ0n) is 12.9. The van der Waals surface area contributed by atoms with Crippen LogP contribution < -0.4 is 10.6 Å². The van der Waals surface area contributed by atoms with E-state index in [0.29, 0.717) is 27.2 Å². The summed E-state index contributed by atoms with van der Waals surface area (Å²) in [6.07, 6.45) is 0. The van der Waals surface area contributed by atoms with Gasteiger partial charge in [-0.2, -0.15) is 4.98 Å². The van der Waals surface area contributed by atoms with E-state index in [9.17, 15) is 8.78 Å². The van der Waals surface area contributed by atoms with Gasteiger partial charge in [0.25, 0.3) is 0 Å². The van der Waals surface area contributed by atoms with Gasteiger partial charge in [-0.25, -0.2) is 13.8 Å². The minimum absolute atomic E-state index is 0.0367. The molecule has 0 spiro atoms. The first-order valence-corrected chi connectivity index (χ1v) is 7.97. The number of hydrogen-bond donors (Lipinski definition) is 2. The van der Waals surface area contributed by atoms with Crippen molar-refractivity contribution < 1.29 is 8.78 Å². The van der Waals surface area contributed by atoms with Crippen LogP contribution in [0.15, 0.2) is 42.5 Å². The summed E-state index contributed by atoms with van der Waals surface area (Å²) in [7, 11) is 0. The van der Waals surface area contributed by atoms with E-state index in [0.717, 1.165) is 12.1 Å². The number of nitrogens with one attached hydrogen (secondary N) is 2. The van der Waals surface area contributed by atoms with Gasteiger partial charge in [-0.1, -0.05) is 35.3 Å². The molecule has 0 aliphatic carbocycles. The third-order valence-electron chi connectivity index (χ3n) is 3.27. The van der Waals surface area contributed by atoms with Crippen LogP contribution in [0.1, 0.15) is 5.69 Å². The highest BCUT2D eigenvalue weighted by Gasteiger charge is 2.12. The first-order chi connectivity index (χ1) is 11.9. The lowest BCUT2D eigenvalue weighted by molar-refractivity contribution is 0.590. The zero-order chi connectivity index (χ0) is 18.0. The highest BCUT2D eigenvalue weighted by Crippen LogP contribution is 2.32. The van der Waals surface area contributed by atoms with Crippen molar-refractivity contribution in [3.05, 3.63) is 69.8 Å². The van der Waals surface area contributed by atoms with Gasteiger partial charge >= 0.3 is 0 Å². The Balaban J connectivity index is 1.93. The SMILES string of the molecule is Cc1cc(Nc2c(Cl)cccc2Cl)nc(Nc2c(F)cccc2F)n1. The average molecular weight is 381 g/mol. The highest BCUT2D eigenvalue weighted by molar-refractivity contribution is 6.39. The molecular formula is C17H12Cl2F2N4. The lowest BCUT2D eigenvalue weighted by atomic mass is 10.3. The number of anilines is 4. The van der Waals surface area contributed by atoms with Crippen molar-refractivity contribution in [3.8, 4) is 0 Å². The fraction of sp³-hybridized carbons (Fsp3) is 0.0588. The predicted molar refractivity (Wildman–Crippen MR) is 96.2 cm³/mol. The van der Waals surface area contributed by atoms with Gasteiger partial charge in [0.15, 0.2) is 0 Å². The molecule has 0 fully saturated rings. The van der Waals surface area contributed by atoms with Crippen LogP contribution in [0, 0.1) is 18.6 Å². The molecule has 0 aliphatic heterocycles. The Hall–Kier alpha value is -2.44. The van der Waals surface area contributed by atoms with Gasteiger partial charge < -0.3 is 10.6 Å². The lowest BCUT2D eigenvalue weighted by Crippen LogP contribution is -2.05. The van der Waals surface area contributed by atoms with Gasteiger partial charge in [-0.3, -0.25) is 0 Å². The molecule has 0 amide bonds. The molecule has 128 valence electrons. The number of benzene rings is 2. The molecule has 4 nitrogen and oxygen atoms in total. The maximum Gasteiger partial charge on any atom is 0.229 e. The Bertz CT molecular complexity index is 822. The number of nitrogens with zero attached hydrogens (tertiary/aromatic N) is 2. The van der Waals surface area contributed by atoms with Crippen LogP contribution in [0.4, 0.5) is 31.9 Å². The molecule has 0 atom stereocenters. The summed E-state index contributed by atoms with van der Waals surface area (Å²) < 4.78 is 27.6. The van der Waals surface area contributed by atoms with E-state index in [1.807, 2.05) is 0 Å². The molecule has 0 unspecified atom stereocenters. The maximum atomic E-state index is 13.8. The van der Waals surface area contributed by atoms with E-state index in [2.05, 4.69) is 20.6 Å². The molecule has 0 bridgehead atoms. The molecule has 1 aromatic heterocycles. The van der Waals surface area contributed by atoms with E-state index in [1.165, 1.54) is 6.07 Å². The van der Waals surface area contributed by atoms with Crippen LogP contribution in [-0.4, -0.2) is 9.97 Å². The number of aromatic nitrogens is 2. The van der Waals surface area contributed by atoms with Gasteiger partial charge in [-0.15, -0.1) is 0 Å². The van der Waals surface area contributed by atoms with Crippen LogP contribution in [-0.2, 0) is 0 Å². The van der Waals surface area contributed by atoms with E-state index in [-0.39, 0.29) is 11.6 Å². The van der Waals surface area contributed by atoms with Crippen molar-refractivity contribution in [2.75, 3.05) is 10.6 Å². The molecule has 2 N–H and O–H groups in total. The molecule has 0 radical (unpaired) electrons. The summed E-state index contributed by atoms with van der Waals surface area (Å²) in [5.74, 6) is -1.07. The summed E-state index contributed by atoms with van der Waals surface area (Å²) in [5, 5.41) is 6.38. The number of halogens is 4. The van der Waals surface area contributed by atoms with Crippen LogP contribution in [0.25, 0.3) is 0 Å². The van der Waals surface area contributed by atoms with Crippen molar-refractivity contribution in [2.45, 2.75) is 6.92 Å². The van der Waals surface area contributed by atoms with Crippen LogP contribution in [0.2, 0.25) is 10.0 Å². The minimum Gasteiger partial charge on any atom is -0.338 e. The largest absolute Gasteiger partial charge is 0.338 e. The smallest absolute Gasteiger partial charge is 0.229 e. The number of para-hydroxylation sites is 2. The third kappa shape index (κ3) is 3.97. The van der Waals surface area contributed by atoms with E-state index in [4.69, 9.17) is 23.2 Å². The van der Waals surface area contributed by atoms with Crippen LogP contribution in [0.5, 0.6) is 0 Å². The topological polar surface area (TPSA) is 49.8 Å². The standard InChI is InChI=1S/C17H12Cl2F2N4/c1-9-8-14(23-15-10(18)4-2-5-11(15)19)24-17(22-9)25-16-12(20)6-3-7-13(16)21/h2-8H,1H3,(H2,22,23,24,25). The number of rotatable bonds is 4. The molecule has 2 aromatic carbocycles. The molecule has 3 aromatic rings. The maximum absolute atomic E-state index is 13.8. The number of aryl methyl sites for hydroxylation is 1. The summed E-state index contributed by atoms with van der Waals surface area (Å²) in [4.78, 5) is 8.34. The quantitative estimate of drug-likeness (QED) is 0.595. The average Bonchev–Trinajstić information content (AvgIpc) is 2.54. The minimum atomic E-state index is -0.742. The molecular weight excluding hydrogens is 369 g/mol. The molecule has 25 heavy (non-hydrogen) atoms. The van der Waals surface area contributed by atoms with Gasteiger partial charge in [0.05, 0.1) is 15.7 Å². The van der Waals surface area contributed by atoms with Crippen molar-refractivity contribution in [1.82, 2.24) is 9.97 Å².